The number of nitrogens with one attached hydrogen (secondary N) is 2. The summed E-state index contributed by atoms with van der Waals surface area (Å²) in [5.74, 6) is -0.599. The molecule has 0 radical (unpaired) electrons. The number of methoxy groups -OCH3 is 1. The fraction of sp³-hybridized carbons (Fsp3) is 0.174. The Morgan fingerprint density at radius 3 is 2.59 bits per heavy atom. The number of halogens is 1. The van der Waals surface area contributed by atoms with E-state index in [-0.39, 0.29) is 29.7 Å². The highest BCUT2D eigenvalue weighted by molar-refractivity contribution is 7.99. The molecular formula is C23H22ClN5O4S. The molecule has 0 saturated heterocycles. The van der Waals surface area contributed by atoms with Gasteiger partial charge in [-0.25, -0.2) is 4.79 Å². The average molecular weight is 500 g/mol. The number of esters is 1. The summed E-state index contributed by atoms with van der Waals surface area (Å²) in [6.45, 7) is 4.28. The van der Waals surface area contributed by atoms with E-state index in [1.807, 2.05) is 0 Å². The number of hydrogen-bond donors (Lipinski definition) is 2. The molecule has 2 amide bonds. The molecule has 0 bridgehead atoms. The van der Waals surface area contributed by atoms with E-state index in [9.17, 15) is 14.4 Å². The second-order valence-electron chi connectivity index (χ2n) is 6.86. The van der Waals surface area contributed by atoms with Crippen LogP contribution in [0.4, 0.5) is 5.69 Å². The van der Waals surface area contributed by atoms with Crippen molar-refractivity contribution in [3.63, 3.8) is 0 Å². The minimum atomic E-state index is -0.542. The van der Waals surface area contributed by atoms with Gasteiger partial charge in [0, 0.05) is 17.1 Å². The Labute approximate surface area is 205 Å². The molecule has 1 aromatic heterocycles. The molecule has 0 atom stereocenters. The molecule has 3 aromatic rings. The summed E-state index contributed by atoms with van der Waals surface area (Å²) in [6, 6.07) is 13.1. The summed E-state index contributed by atoms with van der Waals surface area (Å²) in [4.78, 5) is 36.7. The lowest BCUT2D eigenvalue weighted by Crippen LogP contribution is -2.24. The molecule has 0 aliphatic rings. The fourth-order valence-electron chi connectivity index (χ4n) is 2.93. The number of ether oxygens (including phenoxy) is 1. The van der Waals surface area contributed by atoms with Gasteiger partial charge >= 0.3 is 5.97 Å². The molecule has 9 nitrogen and oxygen atoms in total. The van der Waals surface area contributed by atoms with E-state index in [1.165, 1.54) is 18.9 Å². The quantitative estimate of drug-likeness (QED) is 0.249. The van der Waals surface area contributed by atoms with Gasteiger partial charge in [-0.3, -0.25) is 9.59 Å². The predicted octanol–water partition coefficient (Wildman–Crippen LogP) is 3.56. The van der Waals surface area contributed by atoms with Crippen LogP contribution >= 0.6 is 23.4 Å². The Kier molecular flexibility index (Phi) is 8.83. The Balaban J connectivity index is 1.62. The summed E-state index contributed by atoms with van der Waals surface area (Å²) in [6.07, 6.45) is 1.67. The van der Waals surface area contributed by atoms with Crippen molar-refractivity contribution in [1.29, 1.82) is 0 Å². The van der Waals surface area contributed by atoms with Gasteiger partial charge in [0.05, 0.1) is 30.7 Å². The molecule has 0 aliphatic heterocycles. The van der Waals surface area contributed by atoms with Crippen LogP contribution in [0.1, 0.15) is 26.5 Å². The first-order valence-electron chi connectivity index (χ1n) is 10.1. The van der Waals surface area contributed by atoms with Crippen molar-refractivity contribution in [3.05, 3.63) is 83.2 Å². The highest BCUT2D eigenvalue weighted by Gasteiger charge is 2.17. The first kappa shape index (κ1) is 25.0. The smallest absolute Gasteiger partial charge is 0.339 e. The van der Waals surface area contributed by atoms with Gasteiger partial charge in [-0.15, -0.1) is 16.8 Å². The maximum atomic E-state index is 12.5. The van der Waals surface area contributed by atoms with Crippen LogP contribution in [0.5, 0.6) is 0 Å². The number of para-hydroxylation sites is 1. The Bertz CT molecular complexity index is 1200. The Morgan fingerprint density at radius 1 is 1.15 bits per heavy atom. The van der Waals surface area contributed by atoms with E-state index in [1.54, 1.807) is 59.2 Å². The van der Waals surface area contributed by atoms with Crippen LogP contribution in [-0.2, 0) is 22.6 Å². The van der Waals surface area contributed by atoms with Gasteiger partial charge in [-0.05, 0) is 36.4 Å². The van der Waals surface area contributed by atoms with E-state index < -0.39 is 5.97 Å². The molecule has 0 unspecified atom stereocenters. The van der Waals surface area contributed by atoms with Crippen LogP contribution < -0.4 is 10.6 Å². The standard InChI is InChI=1S/C23H22ClN5O4S/c1-3-12-29-19(13-25-21(31)15-8-10-16(24)11-9-15)27-28-23(29)34-14-20(30)26-18-7-5-4-6-17(18)22(32)33-2/h3-11H,1,12-14H2,2H3,(H,25,31)(H,26,30). The molecule has 0 aliphatic carbocycles. The summed E-state index contributed by atoms with van der Waals surface area (Å²) >= 11 is 7.03. The van der Waals surface area contributed by atoms with E-state index >= 15 is 0 Å². The van der Waals surface area contributed by atoms with Crippen molar-refractivity contribution in [1.82, 2.24) is 20.1 Å². The van der Waals surface area contributed by atoms with Gasteiger partial charge in [0.2, 0.25) is 5.91 Å². The van der Waals surface area contributed by atoms with Crippen LogP contribution in [0.3, 0.4) is 0 Å². The van der Waals surface area contributed by atoms with Crippen molar-refractivity contribution in [2.45, 2.75) is 18.2 Å². The van der Waals surface area contributed by atoms with Crippen molar-refractivity contribution in [2.75, 3.05) is 18.2 Å². The van der Waals surface area contributed by atoms with Crippen LogP contribution in [0.15, 0.2) is 66.3 Å². The van der Waals surface area contributed by atoms with Crippen molar-refractivity contribution in [2.24, 2.45) is 0 Å². The maximum absolute atomic E-state index is 12.5. The number of benzene rings is 2. The second kappa shape index (κ2) is 12.0. The summed E-state index contributed by atoms with van der Waals surface area (Å²) in [7, 11) is 1.28. The van der Waals surface area contributed by atoms with Gasteiger partial charge in [-0.2, -0.15) is 0 Å². The average Bonchev–Trinajstić information content (AvgIpc) is 3.23. The summed E-state index contributed by atoms with van der Waals surface area (Å²) in [5, 5.41) is 14.8. The Morgan fingerprint density at radius 2 is 1.88 bits per heavy atom. The van der Waals surface area contributed by atoms with Gasteiger partial charge in [0.25, 0.3) is 5.91 Å². The lowest BCUT2D eigenvalue weighted by Gasteiger charge is -2.10. The van der Waals surface area contributed by atoms with E-state index in [2.05, 4.69) is 27.4 Å². The van der Waals surface area contributed by atoms with Crippen LogP contribution in [0.25, 0.3) is 0 Å². The molecule has 34 heavy (non-hydrogen) atoms. The van der Waals surface area contributed by atoms with Crippen LogP contribution in [0, 0.1) is 0 Å². The monoisotopic (exact) mass is 499 g/mol. The minimum Gasteiger partial charge on any atom is -0.465 e. The third kappa shape index (κ3) is 6.46. The number of carbonyl (C=O) groups is 3. The van der Waals surface area contributed by atoms with Crippen molar-refractivity contribution >= 4 is 46.8 Å². The van der Waals surface area contributed by atoms with Gasteiger partial charge in [0.1, 0.15) is 0 Å². The van der Waals surface area contributed by atoms with Crippen LogP contribution in [0.2, 0.25) is 5.02 Å². The molecule has 0 fully saturated rings. The lowest BCUT2D eigenvalue weighted by molar-refractivity contribution is -0.113. The van der Waals surface area contributed by atoms with Gasteiger partial charge in [0.15, 0.2) is 11.0 Å². The molecule has 11 heteroatoms. The fourth-order valence-corrected chi connectivity index (χ4v) is 3.82. The molecule has 0 spiro atoms. The number of nitrogens with zero attached hydrogens (tertiary/aromatic N) is 3. The number of amides is 2. The maximum Gasteiger partial charge on any atom is 0.339 e. The van der Waals surface area contributed by atoms with Crippen molar-refractivity contribution < 1.29 is 19.1 Å². The number of allylic oxidation sites excluding steroid dienone is 1. The first-order valence-corrected chi connectivity index (χ1v) is 11.5. The zero-order valence-electron chi connectivity index (χ0n) is 18.3. The molecule has 0 saturated carbocycles. The number of thioether (sulfide) groups is 1. The van der Waals surface area contributed by atoms with E-state index in [0.717, 1.165) is 0 Å². The molecule has 176 valence electrons. The van der Waals surface area contributed by atoms with E-state index in [0.29, 0.717) is 33.8 Å². The second-order valence-corrected chi connectivity index (χ2v) is 8.24. The van der Waals surface area contributed by atoms with Gasteiger partial charge < -0.3 is 19.9 Å². The third-order valence-corrected chi connectivity index (χ3v) is 5.78. The molecular weight excluding hydrogens is 478 g/mol. The largest absolute Gasteiger partial charge is 0.465 e. The predicted molar refractivity (Wildman–Crippen MR) is 130 cm³/mol. The first-order chi connectivity index (χ1) is 16.4. The summed E-state index contributed by atoms with van der Waals surface area (Å²) in [5.41, 5.74) is 1.09. The SMILES string of the molecule is C=CCn1c(CNC(=O)c2ccc(Cl)cc2)nnc1SCC(=O)Nc1ccccc1C(=O)OC. The Hall–Kier alpha value is -3.63. The molecule has 2 aromatic carbocycles. The van der Waals surface area contributed by atoms with E-state index in [4.69, 9.17) is 16.3 Å². The van der Waals surface area contributed by atoms with Crippen molar-refractivity contribution in [3.8, 4) is 0 Å². The lowest BCUT2D eigenvalue weighted by atomic mass is 10.2. The zero-order chi connectivity index (χ0) is 24.5. The number of hydrogen-bond acceptors (Lipinski definition) is 7. The number of anilines is 1. The number of carbonyl (C=O) groups excluding carboxylic acids is 3. The zero-order valence-corrected chi connectivity index (χ0v) is 19.9. The normalized spacial score (nSPS) is 10.4. The molecule has 2 N–H and O–H groups in total. The van der Waals surface area contributed by atoms with Gasteiger partial charge in [-0.1, -0.05) is 41.6 Å². The molecule has 3 rings (SSSR count). The topological polar surface area (TPSA) is 115 Å². The molecule has 1 heterocycles. The number of aromatic nitrogens is 3. The minimum absolute atomic E-state index is 0.0297. The highest BCUT2D eigenvalue weighted by Crippen LogP contribution is 2.20. The third-order valence-electron chi connectivity index (χ3n) is 4.56. The van der Waals surface area contributed by atoms with Crippen LogP contribution in [-0.4, -0.2) is 45.4 Å². The summed E-state index contributed by atoms with van der Waals surface area (Å²) < 4.78 is 6.50. The highest BCUT2D eigenvalue weighted by atomic mass is 35.5. The number of rotatable bonds is 10.